The molecule has 0 bridgehead atoms. The number of carboxylic acid groups (broad SMARTS) is 1. The number of thiocarbonyl (C=S) groups is 1. The summed E-state index contributed by atoms with van der Waals surface area (Å²) in [6.07, 6.45) is 1.71. The van der Waals surface area contributed by atoms with Gasteiger partial charge in [-0.2, -0.15) is 0 Å². The molecule has 0 aliphatic carbocycles. The lowest BCUT2D eigenvalue weighted by Crippen LogP contribution is -2.29. The number of rotatable bonds is 5. The van der Waals surface area contributed by atoms with Gasteiger partial charge in [-0.1, -0.05) is 47.2 Å². The molecule has 2 rings (SSSR count). The molecule has 23 heavy (non-hydrogen) atoms. The number of hydrogen-bond donors (Lipinski definition) is 2. The van der Waals surface area contributed by atoms with E-state index in [0.717, 1.165) is 11.8 Å². The topological polar surface area (TPSA) is 77.8 Å². The van der Waals surface area contributed by atoms with Crippen molar-refractivity contribution in [2.45, 2.75) is 12.8 Å². The van der Waals surface area contributed by atoms with Gasteiger partial charge in [0.25, 0.3) is 5.91 Å². The maximum Gasteiger partial charge on any atom is 0.303 e. The second kappa shape index (κ2) is 7.53. The van der Waals surface area contributed by atoms with Gasteiger partial charge in [-0.25, -0.2) is 0 Å². The number of carboxylic acids is 1. The molecule has 0 spiro atoms. The molecule has 0 atom stereocenters. The van der Waals surface area contributed by atoms with Crippen LogP contribution in [0.15, 0.2) is 17.0 Å². The number of aromatic hydroxyl groups is 1. The summed E-state index contributed by atoms with van der Waals surface area (Å²) in [4.78, 5) is 24.5. The fraction of sp³-hybridized carbons (Fsp3) is 0.214. The van der Waals surface area contributed by atoms with E-state index in [-0.39, 0.29) is 40.2 Å². The van der Waals surface area contributed by atoms with Crippen LogP contribution >= 0.6 is 47.2 Å². The first-order valence-electron chi connectivity index (χ1n) is 6.44. The molecule has 0 aromatic heterocycles. The molecule has 122 valence electrons. The fourth-order valence-electron chi connectivity index (χ4n) is 1.93. The van der Waals surface area contributed by atoms with E-state index < -0.39 is 5.97 Å². The Morgan fingerprint density at radius 3 is 2.70 bits per heavy atom. The molecule has 2 N–H and O–H groups in total. The van der Waals surface area contributed by atoms with Crippen LogP contribution in [0.4, 0.5) is 0 Å². The Morgan fingerprint density at radius 1 is 1.39 bits per heavy atom. The van der Waals surface area contributed by atoms with Gasteiger partial charge in [-0.15, -0.1) is 0 Å². The quantitative estimate of drug-likeness (QED) is 0.587. The average molecular weight is 392 g/mol. The van der Waals surface area contributed by atoms with Crippen molar-refractivity contribution >= 4 is 69.5 Å². The molecule has 1 aromatic carbocycles. The molecule has 1 heterocycles. The van der Waals surface area contributed by atoms with E-state index in [1.807, 2.05) is 0 Å². The Bertz CT molecular complexity index is 698. The molecule has 1 fully saturated rings. The van der Waals surface area contributed by atoms with Crippen molar-refractivity contribution in [3.8, 4) is 5.75 Å². The number of halogens is 2. The van der Waals surface area contributed by atoms with Crippen molar-refractivity contribution < 1.29 is 19.8 Å². The van der Waals surface area contributed by atoms with Gasteiger partial charge in [0.05, 0.1) is 9.93 Å². The third-order valence-electron chi connectivity index (χ3n) is 2.99. The first-order valence-corrected chi connectivity index (χ1v) is 8.43. The van der Waals surface area contributed by atoms with Crippen LogP contribution < -0.4 is 0 Å². The lowest BCUT2D eigenvalue weighted by atomic mass is 10.2. The molecule has 5 nitrogen and oxygen atoms in total. The molecule has 1 amide bonds. The highest BCUT2D eigenvalue weighted by molar-refractivity contribution is 8.26. The van der Waals surface area contributed by atoms with Crippen LogP contribution in [0.1, 0.15) is 18.4 Å². The van der Waals surface area contributed by atoms with Crippen LogP contribution in [-0.2, 0) is 9.59 Å². The summed E-state index contributed by atoms with van der Waals surface area (Å²) in [6.45, 7) is 0.231. The third-order valence-corrected chi connectivity index (χ3v) is 4.90. The van der Waals surface area contributed by atoms with Crippen molar-refractivity contribution in [3.05, 3.63) is 32.6 Å². The van der Waals surface area contributed by atoms with Gasteiger partial charge in [0.1, 0.15) is 10.1 Å². The van der Waals surface area contributed by atoms with Gasteiger partial charge < -0.3 is 10.2 Å². The molecular formula is C14H11Cl2NO4S2. The zero-order chi connectivity index (χ0) is 17.1. The molecule has 1 saturated heterocycles. The summed E-state index contributed by atoms with van der Waals surface area (Å²) in [6, 6.07) is 2.79. The lowest BCUT2D eigenvalue weighted by Gasteiger charge is -2.13. The molecule has 1 aliphatic heterocycles. The zero-order valence-corrected chi connectivity index (χ0v) is 14.7. The average Bonchev–Trinajstić information content (AvgIpc) is 2.69. The summed E-state index contributed by atoms with van der Waals surface area (Å²) in [5.41, 5.74) is 0.280. The number of benzene rings is 1. The largest absolute Gasteiger partial charge is 0.507 e. The SMILES string of the molecule is O=C(O)CCCN1C(=O)C(=Cc2c(O)cc(Cl)cc2Cl)SC1=S. The molecule has 1 aliphatic rings. The maximum absolute atomic E-state index is 12.3. The van der Waals surface area contributed by atoms with Crippen LogP contribution in [0.2, 0.25) is 10.0 Å². The van der Waals surface area contributed by atoms with Gasteiger partial charge in [0.15, 0.2) is 0 Å². The van der Waals surface area contributed by atoms with Crippen LogP contribution in [0, 0.1) is 0 Å². The van der Waals surface area contributed by atoms with Crippen LogP contribution in [0.3, 0.4) is 0 Å². The highest BCUT2D eigenvalue weighted by atomic mass is 35.5. The number of carbonyl (C=O) groups is 2. The van der Waals surface area contributed by atoms with E-state index in [4.69, 9.17) is 40.5 Å². The normalized spacial score (nSPS) is 16.4. The van der Waals surface area contributed by atoms with E-state index in [0.29, 0.717) is 15.6 Å². The molecule has 9 heteroatoms. The predicted octanol–water partition coefficient (Wildman–Crippen LogP) is 3.77. The highest BCUT2D eigenvalue weighted by Gasteiger charge is 2.32. The molecular weight excluding hydrogens is 381 g/mol. The molecule has 1 aromatic rings. The van der Waals surface area contributed by atoms with Crippen molar-refractivity contribution in [1.82, 2.24) is 4.90 Å². The van der Waals surface area contributed by atoms with Gasteiger partial charge in [0, 0.05) is 23.6 Å². The number of nitrogens with zero attached hydrogens (tertiary/aromatic N) is 1. The predicted molar refractivity (Wildman–Crippen MR) is 94.9 cm³/mol. The smallest absolute Gasteiger partial charge is 0.303 e. The maximum atomic E-state index is 12.3. The van der Waals surface area contributed by atoms with Crippen LogP contribution in [0.5, 0.6) is 5.75 Å². The third kappa shape index (κ3) is 4.38. The Kier molecular flexibility index (Phi) is 5.91. The second-order valence-electron chi connectivity index (χ2n) is 4.65. The highest BCUT2D eigenvalue weighted by Crippen LogP contribution is 2.37. The summed E-state index contributed by atoms with van der Waals surface area (Å²) in [5.74, 6) is -1.40. The Morgan fingerprint density at radius 2 is 2.09 bits per heavy atom. The van der Waals surface area contributed by atoms with Gasteiger partial charge >= 0.3 is 5.97 Å². The number of phenols is 1. The van der Waals surface area contributed by atoms with Crippen LogP contribution in [-0.4, -0.2) is 37.9 Å². The van der Waals surface area contributed by atoms with Gasteiger partial charge in [0.2, 0.25) is 0 Å². The summed E-state index contributed by atoms with van der Waals surface area (Å²) in [5, 5.41) is 19.0. The number of hydrogen-bond acceptors (Lipinski definition) is 5. The number of thioether (sulfide) groups is 1. The van der Waals surface area contributed by atoms with Gasteiger partial charge in [-0.3, -0.25) is 14.5 Å². The van der Waals surface area contributed by atoms with Crippen molar-refractivity contribution in [2.24, 2.45) is 0 Å². The summed E-state index contributed by atoms with van der Waals surface area (Å²) < 4.78 is 0.344. The monoisotopic (exact) mass is 391 g/mol. The Balaban J connectivity index is 2.20. The number of amides is 1. The number of carbonyl (C=O) groups excluding carboxylic acids is 1. The zero-order valence-electron chi connectivity index (χ0n) is 11.6. The summed E-state index contributed by atoms with van der Waals surface area (Å²) >= 11 is 18.0. The van der Waals surface area contributed by atoms with Crippen LogP contribution in [0.25, 0.3) is 6.08 Å². The minimum Gasteiger partial charge on any atom is -0.507 e. The van der Waals surface area contributed by atoms with E-state index in [2.05, 4.69) is 0 Å². The van der Waals surface area contributed by atoms with E-state index in [9.17, 15) is 14.7 Å². The van der Waals surface area contributed by atoms with Crippen molar-refractivity contribution in [1.29, 1.82) is 0 Å². The lowest BCUT2D eigenvalue weighted by molar-refractivity contribution is -0.137. The van der Waals surface area contributed by atoms with Crippen molar-refractivity contribution in [2.75, 3.05) is 6.54 Å². The second-order valence-corrected chi connectivity index (χ2v) is 7.17. The number of phenolic OH excluding ortho intramolecular Hbond substituents is 1. The first kappa shape index (κ1) is 18.1. The Hall–Kier alpha value is -1.28. The minimum atomic E-state index is -0.927. The standard InChI is InChI=1S/C14H11Cl2NO4S2/c15-7-4-9(16)8(10(18)5-7)6-11-13(21)17(14(22)23-11)3-1-2-12(19)20/h4-6,18H,1-3H2,(H,19,20). The van der Waals surface area contributed by atoms with Gasteiger partial charge in [-0.05, 0) is 24.6 Å². The molecule has 0 unspecified atom stereocenters. The number of aliphatic carboxylic acids is 1. The first-order chi connectivity index (χ1) is 10.8. The molecule has 0 saturated carbocycles. The Labute approximate surface area is 151 Å². The van der Waals surface area contributed by atoms with Crippen molar-refractivity contribution in [3.63, 3.8) is 0 Å². The van der Waals surface area contributed by atoms with E-state index in [1.54, 1.807) is 0 Å². The van der Waals surface area contributed by atoms with E-state index >= 15 is 0 Å². The van der Waals surface area contributed by atoms with E-state index in [1.165, 1.54) is 23.1 Å². The summed E-state index contributed by atoms with van der Waals surface area (Å²) in [7, 11) is 0. The molecule has 0 radical (unpaired) electrons. The fourth-order valence-corrected chi connectivity index (χ4v) is 3.75. The minimum absolute atomic E-state index is 0.0418.